The third kappa shape index (κ3) is 5.55. The van der Waals surface area contributed by atoms with Gasteiger partial charge in [0.15, 0.2) is 5.96 Å². The third-order valence-corrected chi connectivity index (χ3v) is 5.68. The molecular weight excluding hydrogens is 444 g/mol. The zero-order valence-corrected chi connectivity index (χ0v) is 18.2. The molecule has 146 valence electrons. The van der Waals surface area contributed by atoms with Gasteiger partial charge in [0.1, 0.15) is 5.82 Å². The molecule has 26 heavy (non-hydrogen) atoms. The smallest absolute Gasteiger partial charge is 0.193 e. The average molecular weight is 475 g/mol. The summed E-state index contributed by atoms with van der Waals surface area (Å²) in [6.07, 6.45) is 5.83. The highest BCUT2D eigenvalue weighted by Gasteiger charge is 2.44. The Hall–Kier alpha value is -0.890. The van der Waals surface area contributed by atoms with Crippen molar-refractivity contribution in [2.45, 2.75) is 37.5 Å². The van der Waals surface area contributed by atoms with Gasteiger partial charge in [-0.3, -0.25) is 4.99 Å². The number of ether oxygens (including phenoxy) is 1. The number of hydrogen-bond donors (Lipinski definition) is 1. The second-order valence-electron chi connectivity index (χ2n) is 7.45. The zero-order chi connectivity index (χ0) is 17.7. The van der Waals surface area contributed by atoms with Crippen molar-refractivity contribution >= 4 is 29.9 Å². The van der Waals surface area contributed by atoms with Gasteiger partial charge in [0.05, 0.1) is 0 Å². The van der Waals surface area contributed by atoms with E-state index in [-0.39, 0.29) is 35.2 Å². The molecule has 0 bridgehead atoms. The molecule has 0 atom stereocenters. The van der Waals surface area contributed by atoms with Crippen LogP contribution >= 0.6 is 24.0 Å². The van der Waals surface area contributed by atoms with Crippen molar-refractivity contribution < 1.29 is 9.13 Å². The van der Waals surface area contributed by atoms with Crippen LogP contribution in [0, 0.1) is 11.7 Å². The molecule has 1 saturated heterocycles. The molecule has 1 aliphatic carbocycles. The summed E-state index contributed by atoms with van der Waals surface area (Å²) in [5, 5.41) is 3.53. The normalized spacial score (nSPS) is 19.6. The van der Waals surface area contributed by atoms with Crippen LogP contribution in [0.2, 0.25) is 0 Å². The number of nitrogens with one attached hydrogen (secondary N) is 1. The van der Waals surface area contributed by atoms with Crippen LogP contribution in [0.4, 0.5) is 4.39 Å². The van der Waals surface area contributed by atoms with E-state index in [2.05, 4.69) is 22.3 Å². The van der Waals surface area contributed by atoms with E-state index in [1.807, 2.05) is 19.2 Å². The van der Waals surface area contributed by atoms with Gasteiger partial charge in [-0.15, -0.1) is 24.0 Å². The van der Waals surface area contributed by atoms with Crippen molar-refractivity contribution in [3.05, 3.63) is 35.6 Å². The molecular formula is C20H31FIN3O. The first-order valence-corrected chi connectivity index (χ1v) is 9.38. The Morgan fingerprint density at radius 1 is 1.27 bits per heavy atom. The molecule has 1 N–H and O–H groups in total. The van der Waals surface area contributed by atoms with Crippen molar-refractivity contribution in [3.8, 4) is 0 Å². The van der Waals surface area contributed by atoms with Crippen LogP contribution < -0.4 is 5.32 Å². The van der Waals surface area contributed by atoms with Crippen LogP contribution in [0.1, 0.15) is 37.7 Å². The SMILES string of the molecule is CN=C(NCC1(c2ccc(F)cc2)CC1)N(C)CCC1CCOCC1.I. The van der Waals surface area contributed by atoms with Gasteiger partial charge in [-0.05, 0) is 55.7 Å². The lowest BCUT2D eigenvalue weighted by Crippen LogP contribution is -2.43. The van der Waals surface area contributed by atoms with Crippen LogP contribution in [0.5, 0.6) is 0 Å². The largest absolute Gasteiger partial charge is 0.381 e. The summed E-state index contributed by atoms with van der Waals surface area (Å²) in [6.45, 7) is 3.67. The monoisotopic (exact) mass is 475 g/mol. The standard InChI is InChI=1S/C20H30FN3O.HI/c1-22-19(24(2)12-7-16-8-13-25-14-9-16)23-15-20(10-11-20)17-3-5-18(21)6-4-17;/h3-6,16H,7-15H2,1-2H3,(H,22,23);1H. The Labute approximate surface area is 173 Å². The zero-order valence-electron chi connectivity index (χ0n) is 15.8. The number of rotatable bonds is 6. The van der Waals surface area contributed by atoms with Crippen LogP contribution in [0.3, 0.4) is 0 Å². The molecule has 6 heteroatoms. The molecule has 1 aromatic carbocycles. The Morgan fingerprint density at radius 2 is 1.92 bits per heavy atom. The molecule has 1 aliphatic heterocycles. The lowest BCUT2D eigenvalue weighted by atomic mass is 9.96. The molecule has 1 heterocycles. The van der Waals surface area contributed by atoms with E-state index in [1.54, 1.807) is 12.1 Å². The maximum Gasteiger partial charge on any atom is 0.193 e. The predicted octanol–water partition coefficient (Wildman–Crippen LogP) is 3.80. The van der Waals surface area contributed by atoms with Crippen LogP contribution in [0.25, 0.3) is 0 Å². The first kappa shape index (κ1) is 21.4. The molecule has 0 aromatic heterocycles. The lowest BCUT2D eigenvalue weighted by molar-refractivity contribution is 0.0625. The summed E-state index contributed by atoms with van der Waals surface area (Å²) in [5.74, 6) is 1.54. The van der Waals surface area contributed by atoms with E-state index in [0.717, 1.165) is 51.0 Å². The van der Waals surface area contributed by atoms with E-state index in [9.17, 15) is 4.39 Å². The summed E-state index contributed by atoms with van der Waals surface area (Å²) in [7, 11) is 3.94. The summed E-state index contributed by atoms with van der Waals surface area (Å²) in [5.41, 5.74) is 1.37. The minimum absolute atomic E-state index is 0. The molecule has 2 fully saturated rings. The van der Waals surface area contributed by atoms with Gasteiger partial charge in [0, 0.05) is 45.8 Å². The quantitative estimate of drug-likeness (QED) is 0.387. The van der Waals surface area contributed by atoms with Gasteiger partial charge in [-0.2, -0.15) is 0 Å². The predicted molar refractivity (Wildman–Crippen MR) is 115 cm³/mol. The second kappa shape index (κ2) is 9.88. The Morgan fingerprint density at radius 3 is 2.50 bits per heavy atom. The van der Waals surface area contributed by atoms with E-state index >= 15 is 0 Å². The summed E-state index contributed by atoms with van der Waals surface area (Å²) >= 11 is 0. The number of guanidine groups is 1. The third-order valence-electron chi connectivity index (χ3n) is 5.68. The Kier molecular flexibility index (Phi) is 8.13. The molecule has 0 spiro atoms. The second-order valence-corrected chi connectivity index (χ2v) is 7.45. The number of halogens is 2. The molecule has 0 unspecified atom stereocenters. The van der Waals surface area contributed by atoms with E-state index in [4.69, 9.17) is 4.74 Å². The van der Waals surface area contributed by atoms with Gasteiger partial charge in [-0.1, -0.05) is 12.1 Å². The molecule has 3 rings (SSSR count). The van der Waals surface area contributed by atoms with Gasteiger partial charge >= 0.3 is 0 Å². The number of hydrogen-bond acceptors (Lipinski definition) is 2. The van der Waals surface area contributed by atoms with Gasteiger partial charge in [-0.25, -0.2) is 4.39 Å². The van der Waals surface area contributed by atoms with Crippen LogP contribution in [-0.4, -0.2) is 51.3 Å². The average Bonchev–Trinajstić information content (AvgIpc) is 3.43. The summed E-state index contributed by atoms with van der Waals surface area (Å²) in [4.78, 5) is 6.66. The van der Waals surface area contributed by atoms with Crippen molar-refractivity contribution in [2.24, 2.45) is 10.9 Å². The lowest BCUT2D eigenvalue weighted by Gasteiger charge is -2.28. The Balaban J connectivity index is 0.00000243. The molecule has 1 saturated carbocycles. The molecule has 1 aromatic rings. The van der Waals surface area contributed by atoms with Gasteiger partial charge in [0.25, 0.3) is 0 Å². The van der Waals surface area contributed by atoms with Crippen molar-refractivity contribution in [1.82, 2.24) is 10.2 Å². The molecule has 0 amide bonds. The fraction of sp³-hybridized carbons (Fsp3) is 0.650. The first-order valence-electron chi connectivity index (χ1n) is 9.38. The first-order chi connectivity index (χ1) is 12.1. The van der Waals surface area contributed by atoms with Gasteiger partial charge in [0.2, 0.25) is 0 Å². The number of aliphatic imine (C=N–C) groups is 1. The van der Waals surface area contributed by atoms with Crippen molar-refractivity contribution in [2.75, 3.05) is 40.4 Å². The van der Waals surface area contributed by atoms with E-state index in [1.165, 1.54) is 24.8 Å². The minimum Gasteiger partial charge on any atom is -0.381 e. The van der Waals surface area contributed by atoms with Crippen LogP contribution in [0.15, 0.2) is 29.3 Å². The van der Waals surface area contributed by atoms with E-state index in [0.29, 0.717) is 0 Å². The minimum atomic E-state index is -0.170. The molecule has 4 nitrogen and oxygen atoms in total. The maximum atomic E-state index is 13.2. The maximum absolute atomic E-state index is 13.2. The fourth-order valence-electron chi connectivity index (χ4n) is 3.67. The highest BCUT2D eigenvalue weighted by Crippen LogP contribution is 2.47. The summed E-state index contributed by atoms with van der Waals surface area (Å²) in [6, 6.07) is 6.96. The Bertz CT molecular complexity index is 583. The number of benzene rings is 1. The fourth-order valence-corrected chi connectivity index (χ4v) is 3.67. The molecule has 0 radical (unpaired) electrons. The van der Waals surface area contributed by atoms with Crippen molar-refractivity contribution in [3.63, 3.8) is 0 Å². The van der Waals surface area contributed by atoms with Gasteiger partial charge < -0.3 is 15.0 Å². The topological polar surface area (TPSA) is 36.9 Å². The highest BCUT2D eigenvalue weighted by atomic mass is 127. The highest BCUT2D eigenvalue weighted by molar-refractivity contribution is 14.0. The summed E-state index contributed by atoms with van der Waals surface area (Å²) < 4.78 is 18.6. The van der Waals surface area contributed by atoms with Crippen LogP contribution in [-0.2, 0) is 10.2 Å². The van der Waals surface area contributed by atoms with Crippen molar-refractivity contribution in [1.29, 1.82) is 0 Å². The molecule has 2 aliphatic rings. The number of nitrogens with zero attached hydrogens (tertiary/aromatic N) is 2. The van der Waals surface area contributed by atoms with E-state index < -0.39 is 0 Å².